The standard InChI is InChI=1S/C15H16FNO3/c1-14(2,16)10-7-12-13(20-6-5-19-12)8-11(10)15(3-4-15)17-9-18/h7-8H,3-6H2,1-2H3. The molecule has 4 nitrogen and oxygen atoms in total. The van der Waals surface area contributed by atoms with Gasteiger partial charge in [-0.1, -0.05) is 0 Å². The van der Waals surface area contributed by atoms with Gasteiger partial charge in [0.15, 0.2) is 11.5 Å². The molecule has 0 spiro atoms. The van der Waals surface area contributed by atoms with Gasteiger partial charge in [0.2, 0.25) is 6.08 Å². The topological polar surface area (TPSA) is 47.9 Å². The first-order valence-electron chi connectivity index (χ1n) is 6.69. The van der Waals surface area contributed by atoms with Crippen molar-refractivity contribution in [3.05, 3.63) is 23.3 Å². The molecule has 1 aliphatic carbocycles. The van der Waals surface area contributed by atoms with Crippen molar-refractivity contribution in [1.82, 2.24) is 0 Å². The number of carbonyl (C=O) groups excluding carboxylic acids is 1. The number of halogens is 1. The van der Waals surface area contributed by atoms with Gasteiger partial charge in [-0.3, -0.25) is 0 Å². The number of hydrogen-bond donors (Lipinski definition) is 0. The summed E-state index contributed by atoms with van der Waals surface area (Å²) < 4.78 is 25.6. The molecule has 20 heavy (non-hydrogen) atoms. The molecule has 106 valence electrons. The Balaban J connectivity index is 2.19. The molecule has 1 fully saturated rings. The second kappa shape index (κ2) is 4.32. The fourth-order valence-electron chi connectivity index (χ4n) is 2.61. The van der Waals surface area contributed by atoms with Crippen molar-refractivity contribution in [1.29, 1.82) is 0 Å². The van der Waals surface area contributed by atoms with Crippen molar-refractivity contribution in [2.24, 2.45) is 4.99 Å². The summed E-state index contributed by atoms with van der Waals surface area (Å²) in [5, 5.41) is 0. The molecule has 2 aliphatic rings. The summed E-state index contributed by atoms with van der Waals surface area (Å²) in [5.74, 6) is 1.14. The largest absolute Gasteiger partial charge is 0.486 e. The number of benzene rings is 1. The van der Waals surface area contributed by atoms with Crippen LogP contribution >= 0.6 is 0 Å². The maximum Gasteiger partial charge on any atom is 0.235 e. The Kier molecular flexibility index (Phi) is 2.83. The van der Waals surface area contributed by atoms with Crippen molar-refractivity contribution in [2.45, 2.75) is 37.9 Å². The summed E-state index contributed by atoms with van der Waals surface area (Å²) >= 11 is 0. The summed E-state index contributed by atoms with van der Waals surface area (Å²) in [4.78, 5) is 14.5. The van der Waals surface area contributed by atoms with Crippen LogP contribution in [-0.2, 0) is 16.0 Å². The molecule has 1 aliphatic heterocycles. The van der Waals surface area contributed by atoms with Crippen LogP contribution in [0.25, 0.3) is 0 Å². The molecule has 0 bridgehead atoms. The average Bonchev–Trinajstić information content (AvgIpc) is 3.17. The zero-order chi connectivity index (χ0) is 14.4. The van der Waals surface area contributed by atoms with Gasteiger partial charge in [0, 0.05) is 0 Å². The van der Waals surface area contributed by atoms with E-state index in [1.165, 1.54) is 13.8 Å². The van der Waals surface area contributed by atoms with Crippen LogP contribution in [-0.4, -0.2) is 19.3 Å². The molecule has 1 aromatic carbocycles. The van der Waals surface area contributed by atoms with Crippen LogP contribution in [0.2, 0.25) is 0 Å². The minimum atomic E-state index is -1.54. The number of hydrogen-bond acceptors (Lipinski definition) is 4. The fraction of sp³-hybridized carbons (Fsp3) is 0.533. The Bertz CT molecular complexity index is 596. The van der Waals surface area contributed by atoms with Crippen molar-refractivity contribution < 1.29 is 18.7 Å². The molecular weight excluding hydrogens is 261 g/mol. The molecule has 0 N–H and O–H groups in total. The average molecular weight is 277 g/mol. The maximum atomic E-state index is 14.5. The van der Waals surface area contributed by atoms with Gasteiger partial charge in [0.05, 0.1) is 5.54 Å². The van der Waals surface area contributed by atoms with E-state index >= 15 is 0 Å². The smallest absolute Gasteiger partial charge is 0.235 e. The Hall–Kier alpha value is -1.87. The van der Waals surface area contributed by atoms with Gasteiger partial charge in [-0.2, -0.15) is 4.99 Å². The van der Waals surface area contributed by atoms with E-state index in [1.54, 1.807) is 18.2 Å². The van der Waals surface area contributed by atoms with Crippen molar-refractivity contribution in [2.75, 3.05) is 13.2 Å². The lowest BCUT2D eigenvalue weighted by molar-refractivity contribution is 0.168. The summed E-state index contributed by atoms with van der Waals surface area (Å²) in [7, 11) is 0. The van der Waals surface area contributed by atoms with E-state index in [9.17, 15) is 9.18 Å². The van der Waals surface area contributed by atoms with Crippen LogP contribution < -0.4 is 9.47 Å². The molecule has 1 aromatic rings. The first kappa shape index (κ1) is 13.1. The number of alkyl halides is 1. The van der Waals surface area contributed by atoms with Gasteiger partial charge in [-0.15, -0.1) is 0 Å². The Morgan fingerprint density at radius 1 is 1.25 bits per heavy atom. The quantitative estimate of drug-likeness (QED) is 0.630. The molecule has 0 unspecified atom stereocenters. The third-order valence-electron chi connectivity index (χ3n) is 3.81. The molecule has 0 saturated heterocycles. The van der Waals surface area contributed by atoms with Crippen LogP contribution in [0.1, 0.15) is 37.8 Å². The lowest BCUT2D eigenvalue weighted by Gasteiger charge is -2.26. The van der Waals surface area contributed by atoms with E-state index in [1.807, 2.05) is 0 Å². The molecule has 0 atom stereocenters. The Morgan fingerprint density at radius 3 is 2.35 bits per heavy atom. The predicted molar refractivity (Wildman–Crippen MR) is 70.6 cm³/mol. The number of isocyanates is 1. The SMILES string of the molecule is CC(C)(F)c1cc2c(cc1C1(N=C=O)CC1)OCCO2. The van der Waals surface area contributed by atoms with E-state index in [2.05, 4.69) is 4.99 Å². The van der Waals surface area contributed by atoms with Crippen LogP contribution in [0, 0.1) is 0 Å². The van der Waals surface area contributed by atoms with Gasteiger partial charge in [-0.05, 0) is 49.9 Å². The van der Waals surface area contributed by atoms with E-state index in [4.69, 9.17) is 9.47 Å². The number of aliphatic imine (C=N–C) groups is 1. The first-order chi connectivity index (χ1) is 9.46. The second-order valence-electron chi connectivity index (χ2n) is 5.75. The minimum absolute atomic E-state index is 0.454. The normalized spacial score (nSPS) is 19.1. The fourth-order valence-corrected chi connectivity index (χ4v) is 2.61. The van der Waals surface area contributed by atoms with Crippen LogP contribution in [0.3, 0.4) is 0 Å². The highest BCUT2D eigenvalue weighted by Gasteiger charge is 2.48. The third-order valence-corrected chi connectivity index (χ3v) is 3.81. The molecular formula is C15H16FNO3. The molecule has 1 heterocycles. The lowest BCUT2D eigenvalue weighted by atomic mass is 9.89. The molecule has 3 rings (SSSR count). The minimum Gasteiger partial charge on any atom is -0.486 e. The molecule has 1 saturated carbocycles. The number of rotatable bonds is 3. The van der Waals surface area contributed by atoms with E-state index in [0.29, 0.717) is 35.8 Å². The molecule has 0 radical (unpaired) electrons. The highest BCUT2D eigenvalue weighted by molar-refractivity contribution is 5.55. The van der Waals surface area contributed by atoms with Gasteiger partial charge in [0.25, 0.3) is 0 Å². The summed E-state index contributed by atoms with van der Waals surface area (Å²) in [5.41, 5.74) is -0.967. The third kappa shape index (κ3) is 2.08. The molecule has 5 heteroatoms. The zero-order valence-corrected chi connectivity index (χ0v) is 11.5. The van der Waals surface area contributed by atoms with E-state index in [0.717, 1.165) is 12.8 Å². The number of nitrogens with zero attached hydrogens (tertiary/aromatic N) is 1. The summed E-state index contributed by atoms with van der Waals surface area (Å²) in [6.07, 6.45) is 3.06. The van der Waals surface area contributed by atoms with E-state index < -0.39 is 11.2 Å². The lowest BCUT2D eigenvalue weighted by Crippen LogP contribution is -2.21. The monoisotopic (exact) mass is 277 g/mol. The molecule has 0 amide bonds. The van der Waals surface area contributed by atoms with Gasteiger partial charge < -0.3 is 9.47 Å². The maximum absolute atomic E-state index is 14.5. The van der Waals surface area contributed by atoms with E-state index in [-0.39, 0.29) is 0 Å². The zero-order valence-electron chi connectivity index (χ0n) is 11.5. The Labute approximate surface area is 116 Å². The van der Waals surface area contributed by atoms with Crippen LogP contribution in [0.5, 0.6) is 11.5 Å². The molecule has 0 aromatic heterocycles. The Morgan fingerprint density at radius 2 is 1.85 bits per heavy atom. The van der Waals surface area contributed by atoms with Crippen molar-refractivity contribution in [3.63, 3.8) is 0 Å². The van der Waals surface area contributed by atoms with Crippen molar-refractivity contribution in [3.8, 4) is 11.5 Å². The van der Waals surface area contributed by atoms with Gasteiger partial charge >= 0.3 is 0 Å². The van der Waals surface area contributed by atoms with Gasteiger partial charge in [-0.25, -0.2) is 9.18 Å². The summed E-state index contributed by atoms with van der Waals surface area (Å²) in [6, 6.07) is 3.43. The first-order valence-corrected chi connectivity index (χ1v) is 6.69. The highest BCUT2D eigenvalue weighted by atomic mass is 19.1. The van der Waals surface area contributed by atoms with Crippen LogP contribution in [0.4, 0.5) is 4.39 Å². The summed E-state index contributed by atoms with van der Waals surface area (Å²) in [6.45, 7) is 3.90. The predicted octanol–water partition coefficient (Wildman–Crippen LogP) is 2.99. The second-order valence-corrected chi connectivity index (χ2v) is 5.75. The van der Waals surface area contributed by atoms with Crippen molar-refractivity contribution >= 4 is 6.08 Å². The number of ether oxygens (including phenoxy) is 2. The van der Waals surface area contributed by atoms with Gasteiger partial charge in [0.1, 0.15) is 18.9 Å². The van der Waals surface area contributed by atoms with Crippen LogP contribution in [0.15, 0.2) is 17.1 Å². The highest BCUT2D eigenvalue weighted by Crippen LogP contribution is 2.54. The number of fused-ring (bicyclic) bond motifs is 1.